The van der Waals surface area contributed by atoms with Crippen LogP contribution >= 0.6 is 0 Å². The molecule has 1 saturated heterocycles. The van der Waals surface area contributed by atoms with Gasteiger partial charge in [-0.3, -0.25) is 4.79 Å². The maximum atomic E-state index is 13.3. The first-order valence-corrected chi connectivity index (χ1v) is 10.7. The molecule has 0 unspecified atom stereocenters. The Kier molecular flexibility index (Phi) is 5.71. The van der Waals surface area contributed by atoms with E-state index in [0.717, 1.165) is 11.3 Å². The number of rotatable bonds is 2. The molecule has 0 radical (unpaired) electrons. The summed E-state index contributed by atoms with van der Waals surface area (Å²) in [6, 6.07) is 11.1. The van der Waals surface area contributed by atoms with E-state index >= 15 is 0 Å². The van der Waals surface area contributed by atoms with Crippen LogP contribution in [0.15, 0.2) is 42.6 Å². The van der Waals surface area contributed by atoms with Crippen LogP contribution in [0.2, 0.25) is 0 Å². The molecule has 2 aliphatic heterocycles. The van der Waals surface area contributed by atoms with E-state index in [2.05, 4.69) is 10.3 Å². The van der Waals surface area contributed by atoms with E-state index in [1.165, 1.54) is 0 Å². The first-order chi connectivity index (χ1) is 14.8. The zero-order chi connectivity index (χ0) is 22.0. The minimum Gasteiger partial charge on any atom is -0.485 e. The molecule has 3 N–H and O–H groups in total. The molecule has 31 heavy (non-hydrogen) atoms. The van der Waals surface area contributed by atoms with Gasteiger partial charge in [0.05, 0.1) is 6.54 Å². The van der Waals surface area contributed by atoms with E-state index in [-0.39, 0.29) is 18.0 Å². The van der Waals surface area contributed by atoms with Gasteiger partial charge in [-0.1, -0.05) is 18.2 Å². The fourth-order valence-corrected chi connectivity index (χ4v) is 4.23. The minimum absolute atomic E-state index is 0.0564. The number of likely N-dealkylation sites (tertiary alicyclic amines) is 1. The molecule has 1 aromatic heterocycles. The number of hydrogen-bond donors (Lipinski definition) is 2. The Bertz CT molecular complexity index is 969. The number of piperidine rings is 1. The van der Waals surface area contributed by atoms with Crippen LogP contribution in [0.25, 0.3) is 0 Å². The standard InChI is InChI=1S/C23H29N5O3/c1-16(2)26-22(30)27-11-8-23(9-12-27)15-28(14-18-5-3-4-6-19(18)31-23)21(29)17-7-10-25-20(24)13-17/h3-7,10,13,16H,8-9,11-12,14-15H2,1-2H3,(H2,24,25)(H,26,30). The smallest absolute Gasteiger partial charge is 0.317 e. The van der Waals surface area contributed by atoms with E-state index in [4.69, 9.17) is 10.5 Å². The average Bonchev–Trinajstić information content (AvgIpc) is 2.89. The van der Waals surface area contributed by atoms with Crippen molar-refractivity contribution in [2.45, 2.75) is 44.9 Å². The first-order valence-electron chi connectivity index (χ1n) is 10.7. The number of aromatic nitrogens is 1. The molecule has 3 amide bonds. The summed E-state index contributed by atoms with van der Waals surface area (Å²) in [4.78, 5) is 33.4. The molecule has 2 aromatic rings. The van der Waals surface area contributed by atoms with Gasteiger partial charge in [0.2, 0.25) is 0 Å². The van der Waals surface area contributed by atoms with Crippen molar-refractivity contribution in [3.63, 3.8) is 0 Å². The number of nitrogen functional groups attached to an aromatic ring is 1. The van der Waals surface area contributed by atoms with E-state index in [1.807, 2.05) is 47.9 Å². The van der Waals surface area contributed by atoms with Gasteiger partial charge in [0, 0.05) is 55.8 Å². The Morgan fingerprint density at radius 3 is 2.61 bits per heavy atom. The van der Waals surface area contributed by atoms with E-state index in [9.17, 15) is 9.59 Å². The number of nitrogens with zero attached hydrogens (tertiary/aromatic N) is 3. The summed E-state index contributed by atoms with van der Waals surface area (Å²) in [6.45, 7) is 5.95. The van der Waals surface area contributed by atoms with Crippen LogP contribution in [0.5, 0.6) is 5.75 Å². The number of benzene rings is 1. The van der Waals surface area contributed by atoms with Gasteiger partial charge >= 0.3 is 6.03 Å². The third kappa shape index (κ3) is 4.57. The number of hydrogen-bond acceptors (Lipinski definition) is 5. The zero-order valence-electron chi connectivity index (χ0n) is 18.0. The van der Waals surface area contributed by atoms with Crippen molar-refractivity contribution in [1.82, 2.24) is 20.1 Å². The lowest BCUT2D eigenvalue weighted by Gasteiger charge is -2.42. The van der Waals surface area contributed by atoms with E-state index < -0.39 is 5.60 Å². The summed E-state index contributed by atoms with van der Waals surface area (Å²) in [5, 5.41) is 2.95. The van der Waals surface area contributed by atoms with Gasteiger partial charge in [0.1, 0.15) is 17.2 Å². The van der Waals surface area contributed by atoms with Crippen LogP contribution in [-0.4, -0.2) is 58.0 Å². The number of para-hydroxylation sites is 1. The third-order valence-corrected chi connectivity index (χ3v) is 5.83. The van der Waals surface area contributed by atoms with Crippen molar-refractivity contribution in [3.05, 3.63) is 53.7 Å². The molecule has 1 spiro atoms. The molecule has 0 aliphatic carbocycles. The summed E-state index contributed by atoms with van der Waals surface area (Å²) in [7, 11) is 0. The molecule has 1 aromatic carbocycles. The quantitative estimate of drug-likeness (QED) is 0.773. The second-order valence-electron chi connectivity index (χ2n) is 8.61. The Labute approximate surface area is 182 Å². The topological polar surface area (TPSA) is 101 Å². The number of nitrogens with one attached hydrogen (secondary N) is 1. The molecule has 2 aliphatic rings. The van der Waals surface area contributed by atoms with Crippen molar-refractivity contribution < 1.29 is 14.3 Å². The zero-order valence-corrected chi connectivity index (χ0v) is 18.0. The maximum absolute atomic E-state index is 13.3. The summed E-state index contributed by atoms with van der Waals surface area (Å²) < 4.78 is 6.55. The molecule has 4 rings (SSSR count). The second kappa shape index (κ2) is 8.45. The monoisotopic (exact) mass is 423 g/mol. The molecule has 8 nitrogen and oxygen atoms in total. The van der Waals surface area contributed by atoms with Crippen molar-refractivity contribution in [3.8, 4) is 5.75 Å². The van der Waals surface area contributed by atoms with Crippen LogP contribution in [0.3, 0.4) is 0 Å². The van der Waals surface area contributed by atoms with Crippen molar-refractivity contribution >= 4 is 17.8 Å². The van der Waals surface area contributed by atoms with Gasteiger partial charge in [-0.15, -0.1) is 0 Å². The lowest BCUT2D eigenvalue weighted by atomic mass is 9.90. The summed E-state index contributed by atoms with van der Waals surface area (Å²) in [5.74, 6) is 1.01. The van der Waals surface area contributed by atoms with Crippen molar-refractivity contribution in [1.29, 1.82) is 0 Å². The molecule has 0 bridgehead atoms. The Morgan fingerprint density at radius 2 is 1.90 bits per heavy atom. The molecule has 1 fully saturated rings. The van der Waals surface area contributed by atoms with Crippen LogP contribution < -0.4 is 15.8 Å². The highest BCUT2D eigenvalue weighted by Gasteiger charge is 2.43. The molecular formula is C23H29N5O3. The minimum atomic E-state index is -0.546. The number of ether oxygens (including phenoxy) is 1. The Hall–Kier alpha value is -3.29. The largest absolute Gasteiger partial charge is 0.485 e. The van der Waals surface area contributed by atoms with Crippen LogP contribution in [0, 0.1) is 0 Å². The average molecular weight is 424 g/mol. The Morgan fingerprint density at radius 1 is 1.16 bits per heavy atom. The highest BCUT2D eigenvalue weighted by atomic mass is 16.5. The number of amides is 3. The number of nitrogens with two attached hydrogens (primary N) is 1. The summed E-state index contributed by atoms with van der Waals surface area (Å²) in [5.41, 5.74) is 6.73. The van der Waals surface area contributed by atoms with E-state index in [0.29, 0.717) is 50.4 Å². The summed E-state index contributed by atoms with van der Waals surface area (Å²) in [6.07, 6.45) is 2.84. The molecule has 8 heteroatoms. The molecule has 164 valence electrons. The summed E-state index contributed by atoms with van der Waals surface area (Å²) >= 11 is 0. The number of fused-ring (bicyclic) bond motifs is 1. The first kappa shape index (κ1) is 21.0. The van der Waals surface area contributed by atoms with Crippen molar-refractivity contribution in [2.24, 2.45) is 0 Å². The molecule has 0 saturated carbocycles. The predicted molar refractivity (Wildman–Crippen MR) is 118 cm³/mol. The van der Waals surface area contributed by atoms with Crippen molar-refractivity contribution in [2.75, 3.05) is 25.4 Å². The molecule has 0 atom stereocenters. The fourth-order valence-electron chi connectivity index (χ4n) is 4.23. The predicted octanol–water partition coefficient (Wildman–Crippen LogP) is 2.65. The number of urea groups is 1. The van der Waals surface area contributed by atoms with Crippen LogP contribution in [0.1, 0.15) is 42.6 Å². The highest BCUT2D eigenvalue weighted by molar-refractivity contribution is 5.94. The van der Waals surface area contributed by atoms with Gasteiger partial charge in [-0.25, -0.2) is 9.78 Å². The molecular weight excluding hydrogens is 394 g/mol. The second-order valence-corrected chi connectivity index (χ2v) is 8.61. The molecule has 3 heterocycles. The highest BCUT2D eigenvalue weighted by Crippen LogP contribution is 2.36. The number of anilines is 1. The fraction of sp³-hybridized carbons (Fsp3) is 0.435. The van der Waals surface area contributed by atoms with Crippen LogP contribution in [-0.2, 0) is 6.54 Å². The number of pyridine rings is 1. The van der Waals surface area contributed by atoms with Gasteiger partial charge < -0.3 is 25.6 Å². The Balaban J connectivity index is 1.58. The maximum Gasteiger partial charge on any atom is 0.317 e. The van der Waals surface area contributed by atoms with Gasteiger partial charge in [0.25, 0.3) is 5.91 Å². The number of carbonyl (C=O) groups excluding carboxylic acids is 2. The van der Waals surface area contributed by atoms with Gasteiger partial charge in [-0.05, 0) is 32.0 Å². The third-order valence-electron chi connectivity index (χ3n) is 5.83. The van der Waals surface area contributed by atoms with Gasteiger partial charge in [0.15, 0.2) is 0 Å². The van der Waals surface area contributed by atoms with Gasteiger partial charge in [-0.2, -0.15) is 0 Å². The SMILES string of the molecule is CC(C)NC(=O)N1CCC2(CC1)CN(C(=O)c1ccnc(N)c1)Cc1ccccc1O2. The lowest BCUT2D eigenvalue weighted by Crippen LogP contribution is -2.56. The lowest BCUT2D eigenvalue weighted by molar-refractivity contribution is -0.00765. The normalized spacial score (nSPS) is 17.6. The van der Waals surface area contributed by atoms with E-state index in [1.54, 1.807) is 18.3 Å². The number of carbonyl (C=O) groups is 2. The van der Waals surface area contributed by atoms with Crippen LogP contribution in [0.4, 0.5) is 10.6 Å².